The molecule has 0 unspecified atom stereocenters. The third kappa shape index (κ3) is 29.3. The van der Waals surface area contributed by atoms with E-state index in [1.54, 1.807) is 91.1 Å². The maximum Gasteiger partial charge on any atom is 0.246 e. The first kappa shape index (κ1) is 107. The van der Waals surface area contributed by atoms with Gasteiger partial charge in [0.25, 0.3) is 0 Å². The number of thiophene rings is 2. The Morgan fingerprint density at radius 3 is 1.23 bits per heavy atom. The Labute approximate surface area is 831 Å². The van der Waals surface area contributed by atoms with Crippen molar-refractivity contribution in [1.82, 2.24) is 45.9 Å². The molecule has 3 aromatic heterocycles. The number of rotatable bonds is 33. The topological polar surface area (TPSA) is 336 Å². The summed E-state index contributed by atoms with van der Waals surface area (Å²) in [5, 5.41) is 62.8. The first-order valence-electron chi connectivity index (χ1n) is 47.9. The van der Waals surface area contributed by atoms with Gasteiger partial charge in [0.2, 0.25) is 35.4 Å². The fourth-order valence-corrected chi connectivity index (χ4v) is 20.9. The molecule has 0 radical (unpaired) electrons. The van der Waals surface area contributed by atoms with Crippen LogP contribution in [-0.2, 0) is 47.7 Å². The van der Waals surface area contributed by atoms with E-state index < -0.39 is 76.7 Å². The standard InChI is InChI=1S/2C28H28FNO2S.C28H40N4O6S.C25H36N4O6/c2*1-2-15-30-16-13-20(14-17-30)19-5-10-24(11-6-19)32-27-25-12-9-23(31)18-26(25)33-28(27)21-3-7-22(29)8-4-21;1-17(19-7-9-20(10-8-19)24-18(2)29-16-39-24)30-26(35)22-13-21(33)14-32(22)27(36)25(28(3,4)5)31-23(34)15-38-12-11-37-6;1-16(18-8-6-17(13-26)7-9-18)27-23(32)20-12-19(30)14-29(20)24(33)22(25(2,3)4)28-21(31)15-35-11-10-34-5/h2*3-12,18,20,31H,2,13-17H2,1H3;7-10,16-17,21-22,25,33H,11-15H2,1-6H3,(H,30,35)(H,31,34);6-9,16,19-20,22,30H,10-12,14-15H2,1-5H3,(H,27,32)(H,28,31)/t;;17-,21+,22-,25+;16-,19+,20-,22+/m..00/s1. The van der Waals surface area contributed by atoms with E-state index in [0.29, 0.717) is 30.6 Å². The second kappa shape index (κ2) is 50.7. The van der Waals surface area contributed by atoms with E-state index in [1.807, 2.05) is 122 Å². The molecule has 7 heterocycles. The van der Waals surface area contributed by atoms with Crippen LogP contribution in [0, 0.1) is 40.7 Å². The van der Waals surface area contributed by atoms with Gasteiger partial charge in [0.1, 0.15) is 72.0 Å². The van der Waals surface area contributed by atoms with Crippen LogP contribution < -0.4 is 30.7 Å². The molecule has 6 amide bonds. The van der Waals surface area contributed by atoms with Crippen LogP contribution in [0.5, 0.6) is 34.5 Å². The van der Waals surface area contributed by atoms with Crippen LogP contribution >= 0.6 is 34.0 Å². The normalized spacial score (nSPS) is 17.3. The molecule has 4 aliphatic heterocycles. The van der Waals surface area contributed by atoms with Crippen molar-refractivity contribution in [1.29, 1.82) is 5.26 Å². The molecule has 140 heavy (non-hydrogen) atoms. The molecule has 11 aromatic rings. The second-order valence-electron chi connectivity index (χ2n) is 38.2. The number of aliphatic hydroxyl groups excluding tert-OH is 2. The number of thiazole rings is 1. The molecule has 26 nitrogen and oxygen atoms in total. The highest BCUT2D eigenvalue weighted by atomic mass is 32.1. The average Bonchev–Trinajstić information content (AvgIpc) is 1.63. The lowest BCUT2D eigenvalue weighted by Gasteiger charge is -2.35. The minimum Gasteiger partial charge on any atom is -0.508 e. The minimum absolute atomic E-state index is 0.00500. The molecule has 8 atom stereocenters. The molecule has 746 valence electrons. The van der Waals surface area contributed by atoms with Gasteiger partial charge in [-0.25, -0.2) is 13.8 Å². The molecule has 0 bridgehead atoms. The molecule has 4 saturated heterocycles. The summed E-state index contributed by atoms with van der Waals surface area (Å²) in [6.07, 6.45) is 5.77. The van der Waals surface area contributed by atoms with Crippen molar-refractivity contribution in [2.75, 3.05) is 106 Å². The lowest BCUT2D eigenvalue weighted by molar-refractivity contribution is -0.144. The summed E-state index contributed by atoms with van der Waals surface area (Å²) in [7, 11) is 3.07. The number of nitriles is 1. The zero-order chi connectivity index (χ0) is 100. The number of ether oxygens (including phenoxy) is 6. The number of halogens is 2. The van der Waals surface area contributed by atoms with Crippen molar-refractivity contribution in [3.8, 4) is 71.9 Å². The number of phenolic OH excluding ortho intramolecular Hbond substituents is 2. The average molecular weight is 1970 g/mol. The van der Waals surface area contributed by atoms with Crippen molar-refractivity contribution in [3.05, 3.63) is 233 Å². The molecule has 4 fully saturated rings. The number of aliphatic hydroxyl groups is 2. The number of fused-ring (bicyclic) bond motifs is 2. The number of nitrogens with zero attached hydrogens (tertiary/aromatic N) is 6. The molecule has 15 rings (SSSR count). The lowest BCUT2D eigenvalue weighted by atomic mass is 9.85. The van der Waals surface area contributed by atoms with Crippen LogP contribution in [0.1, 0.15) is 178 Å². The molecule has 0 saturated carbocycles. The maximum atomic E-state index is 13.7. The van der Waals surface area contributed by atoms with Gasteiger partial charge >= 0.3 is 0 Å². The third-order valence-corrected chi connectivity index (χ3v) is 28.8. The molecule has 0 spiro atoms. The number of aryl methyl sites for hydroxylation is 1. The van der Waals surface area contributed by atoms with Crippen molar-refractivity contribution < 1.29 is 86.4 Å². The number of likely N-dealkylation sites (tertiary alicyclic amines) is 4. The molecule has 8 N–H and O–H groups in total. The predicted octanol–water partition coefficient (Wildman–Crippen LogP) is 18.9. The number of carbonyl (C=O) groups is 6. The summed E-state index contributed by atoms with van der Waals surface area (Å²) < 4.78 is 62.0. The monoisotopic (exact) mass is 1970 g/mol. The van der Waals surface area contributed by atoms with Crippen molar-refractivity contribution >= 4 is 89.6 Å². The number of amides is 6. The number of phenols is 2. The quantitative estimate of drug-likeness (QED) is 0.0177. The van der Waals surface area contributed by atoms with Gasteiger partial charge in [-0.2, -0.15) is 5.26 Å². The number of β-amino-alcohol motifs (C(OH)–C–C–N with tert-alkyl or cyclic N) is 2. The molecular weight excluding hydrogens is 1840 g/mol. The van der Waals surface area contributed by atoms with Crippen LogP contribution in [0.15, 0.2) is 188 Å². The largest absolute Gasteiger partial charge is 0.508 e. The first-order valence-corrected chi connectivity index (χ1v) is 50.5. The van der Waals surface area contributed by atoms with Gasteiger partial charge in [-0.15, -0.1) is 34.0 Å². The number of aromatic nitrogens is 1. The Kier molecular flexibility index (Phi) is 38.8. The van der Waals surface area contributed by atoms with E-state index in [1.165, 1.54) is 160 Å². The highest BCUT2D eigenvalue weighted by Crippen LogP contribution is 2.50. The van der Waals surface area contributed by atoms with Crippen molar-refractivity contribution in [2.45, 2.75) is 188 Å². The van der Waals surface area contributed by atoms with Crippen LogP contribution in [0.2, 0.25) is 0 Å². The van der Waals surface area contributed by atoms with E-state index in [4.69, 9.17) is 33.7 Å². The van der Waals surface area contributed by atoms with E-state index in [0.717, 1.165) is 91.3 Å². The highest BCUT2D eigenvalue weighted by molar-refractivity contribution is 7.23. The van der Waals surface area contributed by atoms with Crippen LogP contribution in [-0.4, -0.2) is 223 Å². The summed E-state index contributed by atoms with van der Waals surface area (Å²) in [6, 6.07) is 53.0. The zero-order valence-electron chi connectivity index (χ0n) is 82.1. The molecule has 0 aliphatic carbocycles. The molecule has 8 aromatic carbocycles. The molecule has 31 heteroatoms. The number of piperidine rings is 2. The molecule has 4 aliphatic rings. The Hall–Kier alpha value is -11.6. The highest BCUT2D eigenvalue weighted by Gasteiger charge is 2.47. The van der Waals surface area contributed by atoms with Crippen LogP contribution in [0.25, 0.3) is 51.5 Å². The number of aromatic hydroxyl groups is 2. The van der Waals surface area contributed by atoms with Gasteiger partial charge in [-0.3, -0.25) is 28.8 Å². The fourth-order valence-electron chi connectivity index (χ4n) is 17.8. The van der Waals surface area contributed by atoms with Gasteiger partial charge in [0, 0.05) is 60.3 Å². The van der Waals surface area contributed by atoms with Crippen molar-refractivity contribution in [3.63, 3.8) is 0 Å². The van der Waals surface area contributed by atoms with Crippen LogP contribution in [0.4, 0.5) is 8.78 Å². The van der Waals surface area contributed by atoms with Crippen LogP contribution in [0.3, 0.4) is 0 Å². The minimum atomic E-state index is -0.919. The van der Waals surface area contributed by atoms with Gasteiger partial charge in [0.15, 0.2) is 11.5 Å². The zero-order valence-corrected chi connectivity index (χ0v) is 84.5. The number of hydrogen-bond donors (Lipinski definition) is 8. The van der Waals surface area contributed by atoms with Gasteiger partial charge in [0.05, 0.1) is 88.2 Å². The smallest absolute Gasteiger partial charge is 0.246 e. The van der Waals surface area contributed by atoms with E-state index in [2.05, 4.69) is 80.2 Å². The summed E-state index contributed by atoms with van der Waals surface area (Å²) in [5.74, 6) is 1.64. The van der Waals surface area contributed by atoms with E-state index in [9.17, 15) is 58.0 Å². The number of nitrogens with one attached hydrogen (secondary N) is 4. The number of hydrogen-bond acceptors (Lipinski definition) is 23. The first-order chi connectivity index (χ1) is 67.1. The van der Waals surface area contributed by atoms with Gasteiger partial charge < -0.3 is 89.7 Å². The van der Waals surface area contributed by atoms with Gasteiger partial charge in [-0.05, 0) is 257 Å². The second-order valence-corrected chi connectivity index (χ2v) is 41.1. The summed E-state index contributed by atoms with van der Waals surface area (Å²) in [4.78, 5) is 93.6. The fraction of sp³-hybridized carbons (Fsp3) is 0.431. The maximum absolute atomic E-state index is 13.7. The van der Waals surface area contributed by atoms with E-state index in [-0.39, 0.29) is 93.5 Å². The third-order valence-electron chi connectivity index (χ3n) is 25.4. The lowest BCUT2D eigenvalue weighted by Crippen LogP contribution is -2.58. The van der Waals surface area contributed by atoms with Gasteiger partial charge in [-0.1, -0.05) is 140 Å². The molecular formula is C109H132F2N10O16S3. The number of carbonyl (C=O) groups excluding carboxylic acids is 6. The Morgan fingerprint density at radius 1 is 0.507 bits per heavy atom. The Balaban J connectivity index is 0.000000167. The number of methoxy groups -OCH3 is 2. The predicted molar refractivity (Wildman–Crippen MR) is 545 cm³/mol. The van der Waals surface area contributed by atoms with Crippen molar-refractivity contribution in [2.24, 2.45) is 10.8 Å². The number of benzene rings is 8. The van der Waals surface area contributed by atoms with E-state index >= 15 is 0 Å². The summed E-state index contributed by atoms with van der Waals surface area (Å²) in [5.41, 5.74) is 9.33. The summed E-state index contributed by atoms with van der Waals surface area (Å²) >= 11 is 4.65. The summed E-state index contributed by atoms with van der Waals surface area (Å²) in [6.45, 7) is 28.9. The Bertz CT molecular complexity index is 5750. The Morgan fingerprint density at radius 2 is 0.879 bits per heavy atom. The SMILES string of the molecule is CCCN1CCC(c2ccc(Oc3c(-c4ccc(F)cc4)sc4cc(O)ccc34)cc2)CC1.CCCN1CCC(c2ccc(Oc3c(-c4ccc(F)cc4)sc4cc(O)ccc34)cc2)CC1.COCCOCC(=O)N[C@H](C(=O)N1C[C@H](O)C[C@H]1C(=O)N[C@@H](C)c1ccc(-c2scnc2C)cc1)C(C)(C)C.COCCOCC(=O)N[C@H](C(=O)N1C[C@H](O)C[C@H]1C(=O)N[C@@H](C)c1ccc(C#N)cc1)C(C)(C)C.